The fourth-order valence-electron chi connectivity index (χ4n) is 4.40. The Kier molecular flexibility index (Phi) is 7.58. The van der Waals surface area contributed by atoms with Crippen LogP contribution in [-0.4, -0.2) is 92.7 Å². The van der Waals surface area contributed by atoms with Crippen molar-refractivity contribution in [1.29, 1.82) is 0 Å². The van der Waals surface area contributed by atoms with Crippen LogP contribution in [0.5, 0.6) is 11.5 Å². The molecule has 1 unspecified atom stereocenters. The van der Waals surface area contributed by atoms with Crippen molar-refractivity contribution in [2.24, 2.45) is 0 Å². The summed E-state index contributed by atoms with van der Waals surface area (Å²) in [5, 5.41) is 2.95. The molecule has 0 spiro atoms. The number of benzene rings is 1. The van der Waals surface area contributed by atoms with Crippen molar-refractivity contribution in [3.8, 4) is 11.5 Å². The van der Waals surface area contributed by atoms with Crippen molar-refractivity contribution in [3.63, 3.8) is 0 Å². The van der Waals surface area contributed by atoms with Crippen LogP contribution >= 0.6 is 0 Å². The molecule has 1 aromatic heterocycles. The molecule has 2 aromatic rings. The van der Waals surface area contributed by atoms with E-state index >= 15 is 0 Å². The Bertz CT molecular complexity index is 1130. The molecule has 3 amide bonds. The van der Waals surface area contributed by atoms with Crippen LogP contribution in [0.25, 0.3) is 0 Å². The van der Waals surface area contributed by atoms with Crippen LogP contribution in [0.2, 0.25) is 0 Å². The number of urea groups is 1. The molecule has 0 bridgehead atoms. The lowest BCUT2D eigenvalue weighted by Gasteiger charge is -2.39. The number of anilines is 3. The summed E-state index contributed by atoms with van der Waals surface area (Å²) in [4.78, 5) is 42.8. The summed E-state index contributed by atoms with van der Waals surface area (Å²) >= 11 is 0. The first-order chi connectivity index (χ1) is 17.3. The average molecular weight is 496 g/mol. The monoisotopic (exact) mass is 495 g/mol. The van der Waals surface area contributed by atoms with Gasteiger partial charge >= 0.3 is 6.03 Å². The minimum atomic E-state index is -0.225. The minimum Gasteiger partial charge on any atom is -0.497 e. The SMILES string of the molecule is CNc1ncc2c(n1)N(C1CCN(C(=O)/C=C/CN(C)C)C1)C(=O)N(c1cc(OC)cc(OC)c1)C2. The van der Waals surface area contributed by atoms with E-state index in [1.165, 1.54) is 0 Å². The topological polar surface area (TPSA) is 103 Å². The molecule has 2 aliphatic heterocycles. The van der Waals surface area contributed by atoms with Gasteiger partial charge in [-0.05, 0) is 20.5 Å². The molecule has 11 heteroatoms. The van der Waals surface area contributed by atoms with Gasteiger partial charge in [-0.1, -0.05) is 6.08 Å². The molecule has 0 saturated carbocycles. The van der Waals surface area contributed by atoms with E-state index in [2.05, 4.69) is 15.3 Å². The lowest BCUT2D eigenvalue weighted by molar-refractivity contribution is -0.125. The van der Waals surface area contributed by atoms with Gasteiger partial charge < -0.3 is 24.6 Å². The van der Waals surface area contributed by atoms with Gasteiger partial charge in [-0.15, -0.1) is 0 Å². The number of rotatable bonds is 8. The number of nitrogens with zero attached hydrogens (tertiary/aromatic N) is 6. The summed E-state index contributed by atoms with van der Waals surface area (Å²) in [6, 6.07) is 4.91. The molecule has 0 radical (unpaired) electrons. The third-order valence-electron chi connectivity index (χ3n) is 6.28. The summed E-state index contributed by atoms with van der Waals surface area (Å²) in [5.41, 5.74) is 1.45. The van der Waals surface area contributed by atoms with Gasteiger partial charge in [0.15, 0.2) is 0 Å². The molecule has 192 valence electrons. The second kappa shape index (κ2) is 10.8. The summed E-state index contributed by atoms with van der Waals surface area (Å²) < 4.78 is 10.8. The van der Waals surface area contributed by atoms with E-state index in [4.69, 9.17) is 9.47 Å². The van der Waals surface area contributed by atoms with E-state index in [1.54, 1.807) is 66.4 Å². The van der Waals surface area contributed by atoms with Gasteiger partial charge in [0.25, 0.3) is 0 Å². The number of carbonyl (C=O) groups is 2. The molecule has 36 heavy (non-hydrogen) atoms. The Morgan fingerprint density at radius 2 is 1.94 bits per heavy atom. The van der Waals surface area contributed by atoms with E-state index in [9.17, 15) is 9.59 Å². The second-order valence-corrected chi connectivity index (χ2v) is 8.99. The van der Waals surface area contributed by atoms with Crippen LogP contribution in [0.1, 0.15) is 12.0 Å². The van der Waals surface area contributed by atoms with Crippen molar-refractivity contribution >= 4 is 29.4 Å². The number of amides is 3. The van der Waals surface area contributed by atoms with E-state index in [0.29, 0.717) is 61.6 Å². The van der Waals surface area contributed by atoms with Crippen molar-refractivity contribution < 1.29 is 19.1 Å². The van der Waals surface area contributed by atoms with Gasteiger partial charge in [-0.2, -0.15) is 4.98 Å². The average Bonchev–Trinajstić information content (AvgIpc) is 3.37. The molecule has 1 atom stereocenters. The van der Waals surface area contributed by atoms with Crippen LogP contribution in [0.15, 0.2) is 36.5 Å². The van der Waals surface area contributed by atoms with E-state index in [-0.39, 0.29) is 18.0 Å². The van der Waals surface area contributed by atoms with Crippen LogP contribution in [0.4, 0.5) is 22.2 Å². The zero-order valence-corrected chi connectivity index (χ0v) is 21.4. The first kappa shape index (κ1) is 25.2. The van der Waals surface area contributed by atoms with E-state index < -0.39 is 0 Å². The van der Waals surface area contributed by atoms with Crippen molar-refractivity contribution in [3.05, 3.63) is 42.1 Å². The fourth-order valence-corrected chi connectivity index (χ4v) is 4.40. The Hall–Kier alpha value is -3.86. The third-order valence-corrected chi connectivity index (χ3v) is 6.28. The van der Waals surface area contributed by atoms with Crippen molar-refractivity contribution in [2.45, 2.75) is 19.0 Å². The molecule has 1 fully saturated rings. The summed E-state index contributed by atoms with van der Waals surface area (Å²) in [6.45, 7) is 1.97. The lowest BCUT2D eigenvalue weighted by atomic mass is 10.1. The number of fused-ring (bicyclic) bond motifs is 1. The summed E-state index contributed by atoms with van der Waals surface area (Å²) in [5.74, 6) is 2.10. The van der Waals surface area contributed by atoms with Gasteiger partial charge in [0.2, 0.25) is 11.9 Å². The highest BCUT2D eigenvalue weighted by atomic mass is 16.5. The number of ether oxygens (including phenoxy) is 2. The lowest BCUT2D eigenvalue weighted by Crippen LogP contribution is -2.53. The van der Waals surface area contributed by atoms with Gasteiger partial charge in [-0.3, -0.25) is 14.6 Å². The van der Waals surface area contributed by atoms with Gasteiger partial charge in [-0.25, -0.2) is 9.78 Å². The molecule has 0 aliphatic carbocycles. The standard InChI is InChI=1S/C25H33N7O4/c1-26-24-27-14-17-15-31(19-11-20(35-4)13-21(12-19)36-5)25(34)32(23(17)28-24)18-8-10-30(16-18)22(33)7-6-9-29(2)3/h6-7,11-14,18H,8-10,15-16H2,1-5H3,(H,26,27,28)/b7-6+. The Balaban J connectivity index is 1.66. The van der Waals surface area contributed by atoms with Crippen molar-refractivity contribution in [2.75, 3.05) is 70.1 Å². The molecule has 1 N–H and O–H groups in total. The zero-order valence-electron chi connectivity index (χ0n) is 21.4. The Labute approximate surface area is 211 Å². The minimum absolute atomic E-state index is 0.0583. The van der Waals surface area contributed by atoms with Crippen LogP contribution in [0, 0.1) is 0 Å². The van der Waals surface area contributed by atoms with Crippen molar-refractivity contribution in [1.82, 2.24) is 19.8 Å². The number of nitrogens with one attached hydrogen (secondary N) is 1. The first-order valence-electron chi connectivity index (χ1n) is 11.8. The quantitative estimate of drug-likeness (QED) is 0.556. The number of likely N-dealkylation sites (tertiary alicyclic amines) is 1. The predicted molar refractivity (Wildman–Crippen MR) is 138 cm³/mol. The number of hydrogen-bond donors (Lipinski definition) is 1. The molecule has 2 aliphatic rings. The van der Waals surface area contributed by atoms with Crippen LogP contribution in [0.3, 0.4) is 0 Å². The normalized spacial score (nSPS) is 17.7. The van der Waals surface area contributed by atoms with Gasteiger partial charge in [0.05, 0.1) is 32.5 Å². The zero-order chi connectivity index (χ0) is 25.8. The molecule has 11 nitrogen and oxygen atoms in total. The van der Waals surface area contributed by atoms with E-state index in [1.807, 2.05) is 25.1 Å². The molecular weight excluding hydrogens is 462 g/mol. The smallest absolute Gasteiger partial charge is 0.330 e. The largest absolute Gasteiger partial charge is 0.497 e. The molecule has 1 aromatic carbocycles. The molecule has 3 heterocycles. The highest BCUT2D eigenvalue weighted by Crippen LogP contribution is 2.37. The predicted octanol–water partition coefficient (Wildman–Crippen LogP) is 2.20. The van der Waals surface area contributed by atoms with Gasteiger partial charge in [0, 0.05) is 62.7 Å². The molecule has 4 rings (SSSR count). The highest BCUT2D eigenvalue weighted by Gasteiger charge is 2.41. The summed E-state index contributed by atoms with van der Waals surface area (Å²) in [6.07, 6.45) is 5.83. The second-order valence-electron chi connectivity index (χ2n) is 8.99. The van der Waals surface area contributed by atoms with Gasteiger partial charge in [0.1, 0.15) is 17.3 Å². The summed E-state index contributed by atoms with van der Waals surface area (Å²) in [7, 11) is 8.78. The number of carbonyl (C=O) groups excluding carboxylic acids is 2. The number of likely N-dealkylation sites (N-methyl/N-ethyl adjacent to an activating group) is 1. The first-order valence-corrected chi connectivity index (χ1v) is 11.8. The highest BCUT2D eigenvalue weighted by molar-refractivity contribution is 6.06. The fraction of sp³-hybridized carbons (Fsp3) is 0.440. The number of hydrogen-bond acceptors (Lipinski definition) is 8. The van der Waals surface area contributed by atoms with Crippen LogP contribution < -0.4 is 24.6 Å². The molecular formula is C25H33N7O4. The molecule has 1 saturated heterocycles. The number of aromatic nitrogens is 2. The maximum Gasteiger partial charge on any atom is 0.330 e. The Morgan fingerprint density at radius 3 is 2.58 bits per heavy atom. The number of methoxy groups -OCH3 is 2. The van der Waals surface area contributed by atoms with E-state index in [0.717, 1.165) is 5.56 Å². The maximum absolute atomic E-state index is 14.0. The maximum atomic E-state index is 14.0. The van der Waals surface area contributed by atoms with Crippen LogP contribution in [-0.2, 0) is 11.3 Å². The third kappa shape index (κ3) is 5.20. The Morgan fingerprint density at radius 1 is 1.22 bits per heavy atom.